The van der Waals surface area contributed by atoms with Crippen molar-refractivity contribution in [2.45, 2.75) is 51.0 Å². The number of hydrogen-bond donors (Lipinski definition) is 1. The molecule has 1 aliphatic carbocycles. The van der Waals surface area contributed by atoms with E-state index in [-0.39, 0.29) is 17.7 Å². The van der Waals surface area contributed by atoms with Crippen molar-refractivity contribution in [1.82, 2.24) is 15.1 Å². The van der Waals surface area contributed by atoms with Crippen molar-refractivity contribution in [3.05, 3.63) is 0 Å². The molecule has 1 aliphatic heterocycles. The van der Waals surface area contributed by atoms with E-state index in [1.165, 1.54) is 32.1 Å². The fourth-order valence-electron chi connectivity index (χ4n) is 3.81. The van der Waals surface area contributed by atoms with E-state index in [0.717, 1.165) is 6.42 Å². The normalized spacial score (nSPS) is 25.4. The van der Waals surface area contributed by atoms with Crippen LogP contribution in [0.1, 0.15) is 44.9 Å². The van der Waals surface area contributed by atoms with Crippen molar-refractivity contribution in [2.24, 2.45) is 11.8 Å². The Morgan fingerprint density at radius 1 is 1.27 bits per heavy atom. The maximum Gasteiger partial charge on any atom is 0.223 e. The summed E-state index contributed by atoms with van der Waals surface area (Å²) in [6.45, 7) is 1.40. The monoisotopic (exact) mass is 309 g/mol. The average molecular weight is 309 g/mol. The van der Waals surface area contributed by atoms with Gasteiger partial charge in [0.15, 0.2) is 0 Å². The Balaban J connectivity index is 1.83. The molecule has 0 aromatic heterocycles. The zero-order chi connectivity index (χ0) is 16.1. The first-order valence-electron chi connectivity index (χ1n) is 8.67. The van der Waals surface area contributed by atoms with Crippen LogP contribution in [0.3, 0.4) is 0 Å². The van der Waals surface area contributed by atoms with Gasteiger partial charge in [0.05, 0.1) is 0 Å². The van der Waals surface area contributed by atoms with Crippen LogP contribution >= 0.6 is 0 Å². The first kappa shape index (κ1) is 17.3. The van der Waals surface area contributed by atoms with E-state index >= 15 is 0 Å². The summed E-state index contributed by atoms with van der Waals surface area (Å²) >= 11 is 0. The molecule has 2 amide bonds. The standard InChI is InChI=1S/C17H31N3O2/c1-19(2)15(13-7-5-4-6-8-13)12-18-17(22)14-9-10-20(3)16(21)11-14/h13-15H,4-12H2,1-3H3,(H,18,22)/t14-,15-/m0/s1. The van der Waals surface area contributed by atoms with E-state index < -0.39 is 0 Å². The summed E-state index contributed by atoms with van der Waals surface area (Å²) in [6.07, 6.45) is 7.65. The van der Waals surface area contributed by atoms with E-state index in [4.69, 9.17) is 0 Å². The van der Waals surface area contributed by atoms with Gasteiger partial charge in [-0.1, -0.05) is 19.3 Å². The lowest BCUT2D eigenvalue weighted by Crippen LogP contribution is -2.48. The van der Waals surface area contributed by atoms with Crippen molar-refractivity contribution in [1.29, 1.82) is 0 Å². The molecule has 5 heteroatoms. The highest BCUT2D eigenvalue weighted by molar-refractivity contribution is 5.86. The molecule has 1 saturated carbocycles. The Labute approximate surface area is 134 Å². The van der Waals surface area contributed by atoms with E-state index in [9.17, 15) is 9.59 Å². The molecule has 2 fully saturated rings. The van der Waals surface area contributed by atoms with E-state index in [1.807, 2.05) is 7.05 Å². The van der Waals surface area contributed by atoms with Gasteiger partial charge in [-0.25, -0.2) is 0 Å². The van der Waals surface area contributed by atoms with Gasteiger partial charge in [0.1, 0.15) is 0 Å². The first-order chi connectivity index (χ1) is 10.5. The van der Waals surface area contributed by atoms with Gasteiger partial charge in [-0.15, -0.1) is 0 Å². The lowest BCUT2D eigenvalue weighted by Gasteiger charge is -2.35. The molecule has 2 aliphatic rings. The molecule has 0 aromatic rings. The van der Waals surface area contributed by atoms with Gasteiger partial charge in [-0.3, -0.25) is 9.59 Å². The molecular weight excluding hydrogens is 278 g/mol. The summed E-state index contributed by atoms with van der Waals surface area (Å²) in [5.41, 5.74) is 0. The molecule has 126 valence electrons. The number of piperidine rings is 1. The summed E-state index contributed by atoms with van der Waals surface area (Å²) in [6, 6.07) is 0.409. The van der Waals surface area contributed by atoms with Gasteiger partial charge in [0.2, 0.25) is 11.8 Å². The number of amides is 2. The second-order valence-corrected chi connectivity index (χ2v) is 7.18. The number of nitrogens with zero attached hydrogens (tertiary/aromatic N) is 2. The smallest absolute Gasteiger partial charge is 0.223 e. The number of carbonyl (C=O) groups excluding carboxylic acids is 2. The molecule has 1 heterocycles. The fraction of sp³-hybridized carbons (Fsp3) is 0.882. The van der Waals surface area contributed by atoms with Gasteiger partial charge < -0.3 is 15.1 Å². The molecule has 2 atom stereocenters. The minimum Gasteiger partial charge on any atom is -0.354 e. The topological polar surface area (TPSA) is 52.7 Å². The summed E-state index contributed by atoms with van der Waals surface area (Å²) in [4.78, 5) is 28.1. The number of nitrogens with one attached hydrogen (secondary N) is 1. The van der Waals surface area contributed by atoms with Crippen molar-refractivity contribution >= 4 is 11.8 Å². The summed E-state index contributed by atoms with van der Waals surface area (Å²) in [5, 5.41) is 3.12. The summed E-state index contributed by atoms with van der Waals surface area (Å²) in [7, 11) is 6.01. The average Bonchev–Trinajstić information content (AvgIpc) is 2.50. The van der Waals surface area contributed by atoms with Crippen LogP contribution in [0.5, 0.6) is 0 Å². The van der Waals surface area contributed by atoms with Crippen LogP contribution in [0.15, 0.2) is 0 Å². The highest BCUT2D eigenvalue weighted by Crippen LogP contribution is 2.28. The Morgan fingerprint density at radius 2 is 1.95 bits per heavy atom. The third-order valence-corrected chi connectivity index (χ3v) is 5.37. The molecule has 1 saturated heterocycles. The van der Waals surface area contributed by atoms with Crippen LogP contribution < -0.4 is 5.32 Å². The Bertz CT molecular complexity index is 391. The molecule has 2 rings (SSSR count). The van der Waals surface area contributed by atoms with Crippen molar-refractivity contribution in [3.8, 4) is 0 Å². The molecule has 0 radical (unpaired) electrons. The Hall–Kier alpha value is -1.10. The molecule has 22 heavy (non-hydrogen) atoms. The maximum atomic E-state index is 12.4. The largest absolute Gasteiger partial charge is 0.354 e. The third-order valence-electron chi connectivity index (χ3n) is 5.37. The second kappa shape index (κ2) is 7.95. The highest BCUT2D eigenvalue weighted by atomic mass is 16.2. The Morgan fingerprint density at radius 3 is 2.55 bits per heavy atom. The van der Waals surface area contributed by atoms with Gasteiger partial charge in [0.25, 0.3) is 0 Å². The van der Waals surface area contributed by atoms with Crippen LogP contribution in [0.25, 0.3) is 0 Å². The van der Waals surface area contributed by atoms with Crippen LogP contribution in [0, 0.1) is 11.8 Å². The molecule has 0 bridgehead atoms. The second-order valence-electron chi connectivity index (χ2n) is 7.18. The van der Waals surface area contributed by atoms with E-state index in [1.54, 1.807) is 4.90 Å². The number of likely N-dealkylation sites (N-methyl/N-ethyl adjacent to an activating group) is 1. The molecule has 1 N–H and O–H groups in total. The van der Waals surface area contributed by atoms with Crippen molar-refractivity contribution < 1.29 is 9.59 Å². The quantitative estimate of drug-likeness (QED) is 0.837. The maximum absolute atomic E-state index is 12.4. The highest BCUT2D eigenvalue weighted by Gasteiger charge is 2.30. The van der Waals surface area contributed by atoms with Gasteiger partial charge in [-0.2, -0.15) is 0 Å². The molecule has 0 aromatic carbocycles. The van der Waals surface area contributed by atoms with E-state index in [0.29, 0.717) is 31.5 Å². The zero-order valence-electron chi connectivity index (χ0n) is 14.3. The molecule has 0 spiro atoms. The fourth-order valence-corrected chi connectivity index (χ4v) is 3.81. The number of rotatable bonds is 5. The van der Waals surface area contributed by atoms with Crippen LogP contribution in [-0.4, -0.2) is 61.9 Å². The van der Waals surface area contributed by atoms with Crippen LogP contribution in [-0.2, 0) is 9.59 Å². The minimum atomic E-state index is -0.141. The van der Waals surface area contributed by atoms with Gasteiger partial charge in [-0.05, 0) is 39.3 Å². The van der Waals surface area contributed by atoms with Gasteiger partial charge in [0, 0.05) is 38.5 Å². The van der Waals surface area contributed by atoms with Crippen LogP contribution in [0.2, 0.25) is 0 Å². The predicted octanol–water partition coefficient (Wildman–Crippen LogP) is 1.48. The SMILES string of the molecule is CN1CC[C@H](C(=O)NC[C@@H](C2CCCCC2)N(C)C)CC1=O. The number of likely N-dealkylation sites (tertiary alicyclic amines) is 1. The number of carbonyl (C=O) groups is 2. The lowest BCUT2D eigenvalue weighted by molar-refractivity contribution is -0.139. The Kier molecular flexibility index (Phi) is 6.24. The predicted molar refractivity (Wildman–Crippen MR) is 87.4 cm³/mol. The van der Waals surface area contributed by atoms with Crippen LogP contribution in [0.4, 0.5) is 0 Å². The number of hydrogen-bond acceptors (Lipinski definition) is 3. The third kappa shape index (κ3) is 4.45. The first-order valence-corrected chi connectivity index (χ1v) is 8.67. The summed E-state index contributed by atoms with van der Waals surface area (Å²) in [5.74, 6) is 0.688. The lowest BCUT2D eigenvalue weighted by atomic mass is 9.83. The van der Waals surface area contributed by atoms with Gasteiger partial charge >= 0.3 is 0 Å². The molecule has 0 unspecified atom stereocenters. The zero-order valence-corrected chi connectivity index (χ0v) is 14.3. The molecular formula is C17H31N3O2. The molecule has 5 nitrogen and oxygen atoms in total. The van der Waals surface area contributed by atoms with Crippen molar-refractivity contribution in [3.63, 3.8) is 0 Å². The summed E-state index contributed by atoms with van der Waals surface area (Å²) < 4.78 is 0. The van der Waals surface area contributed by atoms with Crippen molar-refractivity contribution in [2.75, 3.05) is 34.2 Å². The van der Waals surface area contributed by atoms with E-state index in [2.05, 4.69) is 24.3 Å². The minimum absolute atomic E-state index is 0.0594.